The van der Waals surface area contributed by atoms with Gasteiger partial charge in [-0.2, -0.15) is 0 Å². The largest absolute Gasteiger partial charge is 0.480 e. The van der Waals surface area contributed by atoms with Gasteiger partial charge in [-0.05, 0) is 18.9 Å². The van der Waals surface area contributed by atoms with Crippen LogP contribution in [0.15, 0.2) is 30.3 Å². The number of hydrogen-bond donors (Lipinski definition) is 3. The van der Waals surface area contributed by atoms with Crippen molar-refractivity contribution in [3.8, 4) is 0 Å². The summed E-state index contributed by atoms with van der Waals surface area (Å²) < 4.78 is 0. The van der Waals surface area contributed by atoms with E-state index in [9.17, 15) is 9.90 Å². The maximum atomic E-state index is 10.8. The highest BCUT2D eigenvalue weighted by molar-refractivity contribution is 5.73. The summed E-state index contributed by atoms with van der Waals surface area (Å²) in [5, 5.41) is 18.4. The molecule has 1 unspecified atom stereocenters. The molecule has 16 heavy (non-hydrogen) atoms. The summed E-state index contributed by atoms with van der Waals surface area (Å²) >= 11 is 0. The lowest BCUT2D eigenvalue weighted by Crippen LogP contribution is -2.44. The van der Waals surface area contributed by atoms with Crippen molar-refractivity contribution in [2.45, 2.75) is 25.5 Å². The highest BCUT2D eigenvalue weighted by Gasteiger charge is 2.28. The van der Waals surface area contributed by atoms with Crippen LogP contribution in [0.5, 0.6) is 0 Å². The number of rotatable bonds is 5. The first kappa shape index (κ1) is 12.7. The predicted octanol–water partition coefficient (Wildman–Crippen LogP) is 0.638. The molecular weight excluding hydrogens is 206 g/mol. The van der Waals surface area contributed by atoms with Crippen LogP contribution in [-0.2, 0) is 11.2 Å². The van der Waals surface area contributed by atoms with Crippen molar-refractivity contribution in [3.63, 3.8) is 0 Å². The number of benzene rings is 1. The van der Waals surface area contributed by atoms with E-state index in [0.717, 1.165) is 5.56 Å². The second-order valence-corrected chi connectivity index (χ2v) is 3.96. The van der Waals surface area contributed by atoms with Gasteiger partial charge in [0.05, 0.1) is 6.10 Å². The molecule has 1 rings (SSSR count). The number of aliphatic carboxylic acids is 1. The van der Waals surface area contributed by atoms with E-state index >= 15 is 0 Å². The molecule has 0 amide bonds. The Hall–Kier alpha value is -1.39. The molecule has 0 fully saturated rings. The van der Waals surface area contributed by atoms with E-state index in [1.165, 1.54) is 0 Å². The third-order valence-electron chi connectivity index (χ3n) is 2.68. The SMILES string of the molecule is C[C@H](O)[C@@H](Cc1ccccc1)C(N)C(=O)O. The average Bonchev–Trinajstić information content (AvgIpc) is 2.26. The van der Waals surface area contributed by atoms with E-state index in [2.05, 4.69) is 0 Å². The molecule has 1 aromatic rings. The lowest BCUT2D eigenvalue weighted by molar-refractivity contribution is -0.141. The zero-order chi connectivity index (χ0) is 12.1. The van der Waals surface area contributed by atoms with Crippen molar-refractivity contribution < 1.29 is 15.0 Å². The molecule has 3 atom stereocenters. The first-order chi connectivity index (χ1) is 7.52. The minimum Gasteiger partial charge on any atom is -0.480 e. The van der Waals surface area contributed by atoms with Gasteiger partial charge >= 0.3 is 5.97 Å². The van der Waals surface area contributed by atoms with Crippen LogP contribution in [-0.4, -0.2) is 28.3 Å². The molecule has 0 spiro atoms. The lowest BCUT2D eigenvalue weighted by atomic mass is 9.88. The predicted molar refractivity (Wildman–Crippen MR) is 60.9 cm³/mol. The molecule has 0 aliphatic carbocycles. The quantitative estimate of drug-likeness (QED) is 0.684. The van der Waals surface area contributed by atoms with Crippen LogP contribution in [0.1, 0.15) is 12.5 Å². The topological polar surface area (TPSA) is 83.5 Å². The fraction of sp³-hybridized carbons (Fsp3) is 0.417. The van der Waals surface area contributed by atoms with E-state index < -0.39 is 24.0 Å². The highest BCUT2D eigenvalue weighted by Crippen LogP contribution is 2.15. The molecule has 0 saturated heterocycles. The number of nitrogens with two attached hydrogens (primary N) is 1. The zero-order valence-corrected chi connectivity index (χ0v) is 9.21. The number of carbonyl (C=O) groups is 1. The molecule has 4 heteroatoms. The van der Waals surface area contributed by atoms with Crippen LogP contribution in [0.2, 0.25) is 0 Å². The lowest BCUT2D eigenvalue weighted by Gasteiger charge is -2.23. The van der Waals surface area contributed by atoms with E-state index in [-0.39, 0.29) is 0 Å². The fourth-order valence-electron chi connectivity index (χ4n) is 1.67. The average molecular weight is 223 g/mol. The van der Waals surface area contributed by atoms with Crippen LogP contribution in [0.4, 0.5) is 0 Å². The number of aliphatic hydroxyl groups is 1. The molecular formula is C12H17NO3. The first-order valence-corrected chi connectivity index (χ1v) is 5.22. The third-order valence-corrected chi connectivity index (χ3v) is 2.68. The van der Waals surface area contributed by atoms with Gasteiger partial charge < -0.3 is 15.9 Å². The monoisotopic (exact) mass is 223 g/mol. The van der Waals surface area contributed by atoms with Crippen LogP contribution in [0.25, 0.3) is 0 Å². The van der Waals surface area contributed by atoms with E-state index in [1.54, 1.807) is 6.92 Å². The molecule has 4 nitrogen and oxygen atoms in total. The van der Waals surface area contributed by atoms with Crippen LogP contribution in [0.3, 0.4) is 0 Å². The van der Waals surface area contributed by atoms with Gasteiger partial charge in [0, 0.05) is 5.92 Å². The number of carboxylic acids is 1. The molecule has 0 aliphatic heterocycles. The smallest absolute Gasteiger partial charge is 0.320 e. The number of aliphatic hydroxyl groups excluding tert-OH is 1. The van der Waals surface area contributed by atoms with Crippen molar-refractivity contribution in [3.05, 3.63) is 35.9 Å². The second-order valence-electron chi connectivity index (χ2n) is 3.96. The Morgan fingerprint density at radius 2 is 1.94 bits per heavy atom. The highest BCUT2D eigenvalue weighted by atomic mass is 16.4. The molecule has 0 aromatic heterocycles. The Labute approximate surface area is 94.7 Å². The van der Waals surface area contributed by atoms with Crippen LogP contribution in [0, 0.1) is 5.92 Å². The summed E-state index contributed by atoms with van der Waals surface area (Å²) in [6.45, 7) is 1.57. The summed E-state index contributed by atoms with van der Waals surface area (Å²) in [5.41, 5.74) is 6.53. The van der Waals surface area contributed by atoms with Crippen LogP contribution < -0.4 is 5.73 Å². The maximum Gasteiger partial charge on any atom is 0.320 e. The van der Waals surface area contributed by atoms with Gasteiger partial charge in [-0.3, -0.25) is 4.79 Å². The first-order valence-electron chi connectivity index (χ1n) is 5.22. The summed E-state index contributed by atoms with van der Waals surface area (Å²) in [5.74, 6) is -1.55. The van der Waals surface area contributed by atoms with Crippen molar-refractivity contribution in [2.75, 3.05) is 0 Å². The van der Waals surface area contributed by atoms with Crippen molar-refractivity contribution >= 4 is 5.97 Å². The summed E-state index contributed by atoms with van der Waals surface area (Å²) in [6.07, 6.45) is -0.280. The minimum absolute atomic E-state index is 0.464. The van der Waals surface area contributed by atoms with Gasteiger partial charge in [-0.1, -0.05) is 30.3 Å². The summed E-state index contributed by atoms with van der Waals surface area (Å²) in [4.78, 5) is 10.8. The maximum absolute atomic E-state index is 10.8. The Kier molecular flexibility index (Phi) is 4.46. The van der Waals surface area contributed by atoms with Crippen molar-refractivity contribution in [1.29, 1.82) is 0 Å². The van der Waals surface area contributed by atoms with Crippen molar-refractivity contribution in [1.82, 2.24) is 0 Å². The molecule has 0 bridgehead atoms. The Bertz CT molecular complexity index is 337. The Morgan fingerprint density at radius 1 is 1.38 bits per heavy atom. The fourth-order valence-corrected chi connectivity index (χ4v) is 1.67. The molecule has 1 aromatic carbocycles. The van der Waals surface area contributed by atoms with Crippen molar-refractivity contribution in [2.24, 2.45) is 11.7 Å². The van der Waals surface area contributed by atoms with Gasteiger partial charge in [0.15, 0.2) is 0 Å². The Balaban J connectivity index is 2.77. The third kappa shape index (κ3) is 3.32. The second kappa shape index (κ2) is 5.63. The molecule has 0 heterocycles. The van der Waals surface area contributed by atoms with Gasteiger partial charge in [0.2, 0.25) is 0 Å². The summed E-state index contributed by atoms with van der Waals surface area (Å²) in [6, 6.07) is 8.38. The Morgan fingerprint density at radius 3 is 2.38 bits per heavy atom. The molecule has 88 valence electrons. The normalized spacial score (nSPS) is 16.4. The number of hydrogen-bond acceptors (Lipinski definition) is 3. The molecule has 4 N–H and O–H groups in total. The standard InChI is InChI=1S/C12H17NO3/c1-8(14)10(11(13)12(15)16)7-9-5-3-2-4-6-9/h2-6,8,10-11,14H,7,13H2,1H3,(H,15,16)/t8-,10+,11?/m0/s1. The number of carboxylic acid groups (broad SMARTS) is 1. The van der Waals surface area contributed by atoms with Crippen LogP contribution >= 0.6 is 0 Å². The van der Waals surface area contributed by atoms with Gasteiger partial charge in [-0.15, -0.1) is 0 Å². The van der Waals surface area contributed by atoms with E-state index in [0.29, 0.717) is 6.42 Å². The van der Waals surface area contributed by atoms with E-state index in [4.69, 9.17) is 10.8 Å². The molecule has 0 radical (unpaired) electrons. The van der Waals surface area contributed by atoms with Gasteiger partial charge in [-0.25, -0.2) is 0 Å². The van der Waals surface area contributed by atoms with Gasteiger partial charge in [0.1, 0.15) is 6.04 Å². The van der Waals surface area contributed by atoms with Gasteiger partial charge in [0.25, 0.3) is 0 Å². The summed E-state index contributed by atoms with van der Waals surface area (Å²) in [7, 11) is 0. The minimum atomic E-state index is -1.08. The van der Waals surface area contributed by atoms with E-state index in [1.807, 2.05) is 30.3 Å². The zero-order valence-electron chi connectivity index (χ0n) is 9.21. The molecule has 0 aliphatic rings. The molecule has 0 saturated carbocycles.